The van der Waals surface area contributed by atoms with Crippen LogP contribution in [0.5, 0.6) is 0 Å². The van der Waals surface area contributed by atoms with Crippen molar-refractivity contribution in [1.29, 1.82) is 5.26 Å². The molecule has 1 aromatic heterocycles. The second-order valence-corrected chi connectivity index (χ2v) is 6.44. The molecule has 1 aliphatic carbocycles. The smallest absolute Gasteiger partial charge is 0.321 e. The van der Waals surface area contributed by atoms with Crippen LogP contribution in [0.3, 0.4) is 0 Å². The first-order valence-electron chi connectivity index (χ1n) is 5.98. The second-order valence-electron chi connectivity index (χ2n) is 4.72. The van der Waals surface area contributed by atoms with Gasteiger partial charge < -0.3 is 5.11 Å². The largest absolute Gasteiger partial charge is 0.480 e. The average Bonchev–Trinajstić information content (AvgIpc) is 2.78. The van der Waals surface area contributed by atoms with E-state index >= 15 is 0 Å². The highest BCUT2D eigenvalue weighted by Crippen LogP contribution is 2.48. The van der Waals surface area contributed by atoms with E-state index in [0.29, 0.717) is 4.34 Å². The second kappa shape index (κ2) is 5.29. The molecule has 0 spiro atoms. The summed E-state index contributed by atoms with van der Waals surface area (Å²) in [6.45, 7) is 0. The molecule has 1 fully saturated rings. The summed E-state index contributed by atoms with van der Waals surface area (Å²) < 4.78 is 0.650. The lowest BCUT2D eigenvalue weighted by atomic mass is 9.65. The molecule has 0 radical (unpaired) electrons. The molecular weight excluding hydrogens is 270 g/mol. The molecule has 0 bridgehead atoms. The standard InChI is InChI=1S/C13H14ClNO2S/c14-11-5-4-10(18-11)13(6-2-1-3-7-13)9(8-15)12(16)17/h4-5,9H,1-3,6-7H2,(H,16,17)/t9-/m0/s1. The third-order valence-electron chi connectivity index (χ3n) is 3.74. The van der Waals surface area contributed by atoms with Crippen LogP contribution in [0, 0.1) is 17.2 Å². The lowest BCUT2D eigenvalue weighted by Crippen LogP contribution is -2.40. The molecule has 1 aromatic rings. The fourth-order valence-corrected chi connectivity index (χ4v) is 4.18. The summed E-state index contributed by atoms with van der Waals surface area (Å²) >= 11 is 7.36. The number of hydrogen-bond acceptors (Lipinski definition) is 3. The van der Waals surface area contributed by atoms with Gasteiger partial charge in [-0.1, -0.05) is 30.9 Å². The molecule has 18 heavy (non-hydrogen) atoms. The Hall–Kier alpha value is -1.05. The molecule has 1 N–H and O–H groups in total. The van der Waals surface area contributed by atoms with E-state index in [9.17, 15) is 15.2 Å². The van der Waals surface area contributed by atoms with E-state index in [4.69, 9.17) is 11.6 Å². The van der Waals surface area contributed by atoms with Crippen molar-refractivity contribution in [2.75, 3.05) is 0 Å². The number of carboxylic acid groups (broad SMARTS) is 1. The van der Waals surface area contributed by atoms with E-state index in [2.05, 4.69) is 0 Å². The van der Waals surface area contributed by atoms with Crippen LogP contribution in [-0.2, 0) is 10.2 Å². The minimum absolute atomic E-state index is 0.545. The monoisotopic (exact) mass is 283 g/mol. The van der Waals surface area contributed by atoms with E-state index in [1.54, 1.807) is 6.07 Å². The number of rotatable bonds is 3. The van der Waals surface area contributed by atoms with Gasteiger partial charge in [0.1, 0.15) is 0 Å². The first kappa shape index (κ1) is 13.4. The summed E-state index contributed by atoms with van der Waals surface area (Å²) in [7, 11) is 0. The fraction of sp³-hybridized carbons (Fsp3) is 0.538. The number of nitriles is 1. The Morgan fingerprint density at radius 3 is 2.56 bits per heavy atom. The van der Waals surface area contributed by atoms with Gasteiger partial charge in [-0.05, 0) is 25.0 Å². The zero-order chi connectivity index (χ0) is 13.2. The summed E-state index contributed by atoms with van der Waals surface area (Å²) in [4.78, 5) is 12.3. The maximum absolute atomic E-state index is 11.4. The minimum atomic E-state index is -1.02. The van der Waals surface area contributed by atoms with E-state index < -0.39 is 17.3 Å². The van der Waals surface area contributed by atoms with Gasteiger partial charge in [-0.2, -0.15) is 5.26 Å². The van der Waals surface area contributed by atoms with Gasteiger partial charge >= 0.3 is 5.97 Å². The number of thiophene rings is 1. The van der Waals surface area contributed by atoms with Gasteiger partial charge in [0.05, 0.1) is 10.4 Å². The molecule has 0 saturated heterocycles. The molecule has 0 amide bonds. The highest BCUT2D eigenvalue weighted by atomic mass is 35.5. The van der Waals surface area contributed by atoms with Crippen molar-refractivity contribution < 1.29 is 9.90 Å². The van der Waals surface area contributed by atoms with Crippen molar-refractivity contribution >= 4 is 28.9 Å². The van der Waals surface area contributed by atoms with E-state index in [0.717, 1.165) is 37.0 Å². The molecule has 0 aromatic carbocycles. The number of carbonyl (C=O) groups is 1. The third kappa shape index (κ3) is 2.25. The Balaban J connectivity index is 2.46. The van der Waals surface area contributed by atoms with Crippen molar-refractivity contribution in [2.24, 2.45) is 5.92 Å². The van der Waals surface area contributed by atoms with Gasteiger partial charge in [0, 0.05) is 10.3 Å². The van der Waals surface area contributed by atoms with Gasteiger partial charge in [-0.15, -0.1) is 11.3 Å². The Morgan fingerprint density at radius 1 is 1.44 bits per heavy atom. The summed E-state index contributed by atoms with van der Waals surface area (Å²) in [5.41, 5.74) is -0.545. The van der Waals surface area contributed by atoms with Crippen LogP contribution in [0.25, 0.3) is 0 Å². The molecule has 1 saturated carbocycles. The molecule has 1 atom stereocenters. The van der Waals surface area contributed by atoms with Gasteiger partial charge in [-0.3, -0.25) is 4.79 Å². The number of aliphatic carboxylic acids is 1. The summed E-state index contributed by atoms with van der Waals surface area (Å²) in [5.74, 6) is -2.00. The van der Waals surface area contributed by atoms with E-state index in [1.165, 1.54) is 11.3 Å². The van der Waals surface area contributed by atoms with Gasteiger partial charge in [0.2, 0.25) is 0 Å². The number of halogens is 1. The topological polar surface area (TPSA) is 61.1 Å². The predicted octanol–water partition coefficient (Wildman–Crippen LogP) is 3.83. The van der Waals surface area contributed by atoms with Gasteiger partial charge in [0.25, 0.3) is 0 Å². The zero-order valence-corrected chi connectivity index (χ0v) is 11.4. The van der Waals surface area contributed by atoms with Crippen molar-refractivity contribution in [3.63, 3.8) is 0 Å². The Labute approximate surface area is 115 Å². The lowest BCUT2D eigenvalue weighted by molar-refractivity contribution is -0.142. The average molecular weight is 284 g/mol. The van der Waals surface area contributed by atoms with Crippen molar-refractivity contribution in [2.45, 2.75) is 37.5 Å². The van der Waals surface area contributed by atoms with Crippen LogP contribution in [-0.4, -0.2) is 11.1 Å². The molecule has 0 aliphatic heterocycles. The molecular formula is C13H14ClNO2S. The van der Waals surface area contributed by atoms with Crippen molar-refractivity contribution in [1.82, 2.24) is 0 Å². The molecule has 5 heteroatoms. The first-order chi connectivity index (χ1) is 8.60. The van der Waals surface area contributed by atoms with Crippen LogP contribution in [0.15, 0.2) is 12.1 Å². The molecule has 96 valence electrons. The Morgan fingerprint density at radius 2 is 2.11 bits per heavy atom. The van der Waals surface area contributed by atoms with Crippen molar-refractivity contribution in [3.05, 3.63) is 21.3 Å². The predicted molar refractivity (Wildman–Crippen MR) is 70.8 cm³/mol. The molecule has 0 unspecified atom stereocenters. The minimum Gasteiger partial charge on any atom is -0.480 e. The number of carboxylic acids is 1. The Bertz CT molecular complexity index is 485. The molecule has 2 rings (SSSR count). The fourth-order valence-electron chi connectivity index (χ4n) is 2.86. The Kier molecular flexibility index (Phi) is 3.94. The highest BCUT2D eigenvalue weighted by molar-refractivity contribution is 7.16. The van der Waals surface area contributed by atoms with Gasteiger partial charge in [-0.25, -0.2) is 0 Å². The third-order valence-corrected chi connectivity index (χ3v) is 5.19. The normalized spacial score (nSPS) is 20.0. The quantitative estimate of drug-likeness (QED) is 0.917. The van der Waals surface area contributed by atoms with Crippen molar-refractivity contribution in [3.8, 4) is 6.07 Å². The zero-order valence-electron chi connectivity index (χ0n) is 9.86. The summed E-state index contributed by atoms with van der Waals surface area (Å²) in [5, 5.41) is 18.5. The maximum atomic E-state index is 11.4. The SMILES string of the molecule is N#C[C@@H](C(=O)O)C1(c2ccc(Cl)s2)CCCCC1. The van der Waals surface area contributed by atoms with Crippen LogP contribution >= 0.6 is 22.9 Å². The van der Waals surface area contributed by atoms with E-state index in [-0.39, 0.29) is 0 Å². The summed E-state index contributed by atoms with van der Waals surface area (Å²) in [6.07, 6.45) is 4.57. The highest BCUT2D eigenvalue weighted by Gasteiger charge is 2.46. The van der Waals surface area contributed by atoms with Gasteiger partial charge in [0.15, 0.2) is 5.92 Å². The van der Waals surface area contributed by atoms with Crippen LogP contribution in [0.4, 0.5) is 0 Å². The number of nitrogens with zero attached hydrogens (tertiary/aromatic N) is 1. The maximum Gasteiger partial charge on any atom is 0.321 e. The van der Waals surface area contributed by atoms with Crippen LogP contribution in [0.1, 0.15) is 37.0 Å². The van der Waals surface area contributed by atoms with Crippen LogP contribution in [0.2, 0.25) is 4.34 Å². The van der Waals surface area contributed by atoms with Crippen LogP contribution < -0.4 is 0 Å². The molecule has 3 nitrogen and oxygen atoms in total. The van der Waals surface area contributed by atoms with E-state index in [1.807, 2.05) is 12.1 Å². The molecule has 1 heterocycles. The first-order valence-corrected chi connectivity index (χ1v) is 7.18. The number of hydrogen-bond donors (Lipinski definition) is 1. The lowest BCUT2D eigenvalue weighted by Gasteiger charge is -2.38. The summed E-state index contributed by atoms with van der Waals surface area (Å²) in [6, 6.07) is 5.65. The molecule has 1 aliphatic rings.